The fraction of sp³-hybridized carbons (Fsp3) is 0.316. The molecule has 1 aromatic carbocycles. The van der Waals surface area contributed by atoms with Crippen LogP contribution in [0.4, 0.5) is 0 Å². The molecule has 0 spiro atoms. The highest BCUT2D eigenvalue weighted by Gasteiger charge is 2.25. The number of rotatable bonds is 4. The van der Waals surface area contributed by atoms with Crippen molar-refractivity contribution in [3.05, 3.63) is 70.9 Å². The first kappa shape index (κ1) is 16.5. The number of hydrogen-bond acceptors (Lipinski definition) is 5. The van der Waals surface area contributed by atoms with Crippen LogP contribution in [0.5, 0.6) is 0 Å². The van der Waals surface area contributed by atoms with E-state index >= 15 is 0 Å². The van der Waals surface area contributed by atoms with E-state index in [-0.39, 0.29) is 12.3 Å². The van der Waals surface area contributed by atoms with E-state index in [2.05, 4.69) is 10.3 Å². The molecule has 3 aromatic rings. The fourth-order valence-electron chi connectivity index (χ4n) is 3.20. The quantitative estimate of drug-likeness (QED) is 0.775. The summed E-state index contributed by atoms with van der Waals surface area (Å²) >= 11 is 0. The van der Waals surface area contributed by atoms with Gasteiger partial charge in [-0.3, -0.25) is 9.48 Å². The standard InChI is InChI=1S/C19H20N4O3/c1-13-9-16(26-21-13)11-18(24)22-7-8-23-15(12-22)10-17(20-23)19(25)14-5-3-2-4-6-14/h2-6,9-10,19,25H,7-8,11-12H2,1H3. The van der Waals surface area contributed by atoms with Crippen molar-refractivity contribution in [3.8, 4) is 0 Å². The van der Waals surface area contributed by atoms with Gasteiger partial charge in [-0.05, 0) is 18.6 Å². The molecular weight excluding hydrogens is 332 g/mol. The summed E-state index contributed by atoms with van der Waals surface area (Å²) in [5.74, 6) is 0.575. The van der Waals surface area contributed by atoms with Gasteiger partial charge >= 0.3 is 0 Å². The number of aliphatic hydroxyl groups excluding tert-OH is 1. The molecule has 1 aliphatic heterocycles. The number of aromatic nitrogens is 3. The van der Waals surface area contributed by atoms with E-state index < -0.39 is 6.10 Å². The number of amides is 1. The molecule has 0 bridgehead atoms. The Kier molecular flexibility index (Phi) is 4.30. The smallest absolute Gasteiger partial charge is 0.230 e. The summed E-state index contributed by atoms with van der Waals surface area (Å²) in [6.45, 7) is 3.50. The van der Waals surface area contributed by atoms with Crippen LogP contribution in [0.25, 0.3) is 0 Å². The normalized spacial score (nSPS) is 14.9. The molecule has 134 valence electrons. The summed E-state index contributed by atoms with van der Waals surface area (Å²) in [6, 6.07) is 13.1. The minimum absolute atomic E-state index is 0.00115. The maximum atomic E-state index is 12.5. The topological polar surface area (TPSA) is 84.4 Å². The molecule has 2 aromatic heterocycles. The molecule has 0 saturated carbocycles. The fourth-order valence-corrected chi connectivity index (χ4v) is 3.20. The van der Waals surface area contributed by atoms with Gasteiger partial charge in [0.1, 0.15) is 11.9 Å². The number of carbonyl (C=O) groups is 1. The summed E-state index contributed by atoms with van der Waals surface area (Å²) in [4.78, 5) is 14.3. The Labute approximate surface area is 150 Å². The Morgan fingerprint density at radius 1 is 1.27 bits per heavy atom. The number of fused-ring (bicyclic) bond motifs is 1. The highest BCUT2D eigenvalue weighted by Crippen LogP contribution is 2.23. The van der Waals surface area contributed by atoms with Crippen molar-refractivity contribution >= 4 is 5.91 Å². The zero-order chi connectivity index (χ0) is 18.1. The summed E-state index contributed by atoms with van der Waals surface area (Å²) in [5.41, 5.74) is 3.09. The molecule has 7 nitrogen and oxygen atoms in total. The molecule has 0 saturated heterocycles. The molecule has 7 heteroatoms. The Morgan fingerprint density at radius 2 is 2.08 bits per heavy atom. The summed E-state index contributed by atoms with van der Waals surface area (Å²) in [5, 5.41) is 18.9. The SMILES string of the molecule is Cc1cc(CC(=O)N2CCn3nc(C(O)c4ccccc4)cc3C2)on1. The van der Waals surface area contributed by atoms with Crippen LogP contribution in [0.15, 0.2) is 47.0 Å². The lowest BCUT2D eigenvalue weighted by Gasteiger charge is -2.27. The number of aliphatic hydroxyl groups is 1. The van der Waals surface area contributed by atoms with Crippen LogP contribution in [0.2, 0.25) is 0 Å². The number of nitrogens with zero attached hydrogens (tertiary/aromatic N) is 4. The van der Waals surface area contributed by atoms with Gasteiger partial charge in [-0.25, -0.2) is 0 Å². The third-order valence-corrected chi connectivity index (χ3v) is 4.57. The van der Waals surface area contributed by atoms with E-state index in [9.17, 15) is 9.90 Å². The van der Waals surface area contributed by atoms with Gasteiger partial charge < -0.3 is 14.5 Å². The Balaban J connectivity index is 1.47. The number of benzene rings is 1. The second-order valence-corrected chi connectivity index (χ2v) is 6.52. The van der Waals surface area contributed by atoms with Crippen molar-refractivity contribution in [2.75, 3.05) is 6.54 Å². The van der Waals surface area contributed by atoms with Crippen LogP contribution < -0.4 is 0 Å². The monoisotopic (exact) mass is 352 g/mol. The van der Waals surface area contributed by atoms with E-state index in [0.29, 0.717) is 31.1 Å². The van der Waals surface area contributed by atoms with Crippen LogP contribution >= 0.6 is 0 Å². The molecule has 1 unspecified atom stereocenters. The minimum atomic E-state index is -0.768. The molecule has 3 heterocycles. The second kappa shape index (κ2) is 6.76. The largest absolute Gasteiger partial charge is 0.382 e. The van der Waals surface area contributed by atoms with Gasteiger partial charge in [0.15, 0.2) is 0 Å². The first-order valence-electron chi connectivity index (χ1n) is 8.60. The van der Waals surface area contributed by atoms with Crippen molar-refractivity contribution in [3.63, 3.8) is 0 Å². The zero-order valence-corrected chi connectivity index (χ0v) is 14.5. The van der Waals surface area contributed by atoms with Gasteiger partial charge in [0.05, 0.1) is 36.6 Å². The average Bonchev–Trinajstić information content (AvgIpc) is 3.27. The van der Waals surface area contributed by atoms with Gasteiger partial charge in [-0.15, -0.1) is 0 Å². The first-order valence-corrected chi connectivity index (χ1v) is 8.60. The summed E-state index contributed by atoms with van der Waals surface area (Å²) < 4.78 is 7.00. The van der Waals surface area contributed by atoms with E-state index in [1.807, 2.05) is 48.0 Å². The van der Waals surface area contributed by atoms with E-state index in [1.165, 1.54) is 0 Å². The zero-order valence-electron chi connectivity index (χ0n) is 14.5. The average molecular weight is 352 g/mol. The summed E-state index contributed by atoms with van der Waals surface area (Å²) in [6.07, 6.45) is -0.565. The lowest BCUT2D eigenvalue weighted by atomic mass is 10.1. The molecule has 1 amide bonds. The van der Waals surface area contributed by atoms with Crippen molar-refractivity contribution < 1.29 is 14.4 Å². The number of carbonyl (C=O) groups excluding carboxylic acids is 1. The minimum Gasteiger partial charge on any atom is -0.382 e. The third-order valence-electron chi connectivity index (χ3n) is 4.57. The molecule has 1 atom stereocenters. The predicted molar refractivity (Wildman–Crippen MR) is 93.1 cm³/mol. The second-order valence-electron chi connectivity index (χ2n) is 6.52. The summed E-state index contributed by atoms with van der Waals surface area (Å²) in [7, 11) is 0. The van der Waals surface area contributed by atoms with Crippen molar-refractivity contribution in [1.29, 1.82) is 0 Å². The number of hydrogen-bond donors (Lipinski definition) is 1. The van der Waals surface area contributed by atoms with E-state index in [4.69, 9.17) is 4.52 Å². The van der Waals surface area contributed by atoms with Crippen LogP contribution in [0, 0.1) is 6.92 Å². The van der Waals surface area contributed by atoms with E-state index in [1.54, 1.807) is 11.0 Å². The Bertz CT molecular complexity index is 916. The molecular formula is C19H20N4O3. The first-order chi connectivity index (χ1) is 12.6. The van der Waals surface area contributed by atoms with Crippen molar-refractivity contribution in [2.45, 2.75) is 32.5 Å². The third kappa shape index (κ3) is 3.25. The predicted octanol–water partition coefficient (Wildman–Crippen LogP) is 1.85. The molecule has 1 aliphatic rings. The maximum Gasteiger partial charge on any atom is 0.230 e. The number of aryl methyl sites for hydroxylation is 1. The van der Waals surface area contributed by atoms with Gasteiger partial charge in [-0.2, -0.15) is 5.10 Å². The lowest BCUT2D eigenvalue weighted by Crippen LogP contribution is -2.39. The highest BCUT2D eigenvalue weighted by atomic mass is 16.5. The van der Waals surface area contributed by atoms with Gasteiger partial charge in [-0.1, -0.05) is 35.5 Å². The molecule has 26 heavy (non-hydrogen) atoms. The van der Waals surface area contributed by atoms with Crippen LogP contribution in [0.3, 0.4) is 0 Å². The van der Waals surface area contributed by atoms with Crippen molar-refractivity contribution in [1.82, 2.24) is 19.8 Å². The van der Waals surface area contributed by atoms with Gasteiger partial charge in [0.25, 0.3) is 0 Å². The van der Waals surface area contributed by atoms with E-state index in [0.717, 1.165) is 17.0 Å². The van der Waals surface area contributed by atoms with Crippen LogP contribution in [-0.2, 0) is 24.3 Å². The van der Waals surface area contributed by atoms with Gasteiger partial charge in [0, 0.05) is 12.6 Å². The Morgan fingerprint density at radius 3 is 2.81 bits per heavy atom. The Hall–Kier alpha value is -2.93. The molecule has 0 radical (unpaired) electrons. The lowest BCUT2D eigenvalue weighted by molar-refractivity contribution is -0.132. The molecule has 1 N–H and O–H groups in total. The maximum absolute atomic E-state index is 12.5. The highest BCUT2D eigenvalue weighted by molar-refractivity contribution is 5.78. The molecule has 4 rings (SSSR count). The van der Waals surface area contributed by atoms with Gasteiger partial charge in [0.2, 0.25) is 5.91 Å². The van der Waals surface area contributed by atoms with Crippen LogP contribution in [0.1, 0.15) is 34.5 Å². The van der Waals surface area contributed by atoms with Crippen LogP contribution in [-0.4, -0.2) is 37.4 Å². The molecule has 0 aliphatic carbocycles. The molecule has 0 fully saturated rings. The van der Waals surface area contributed by atoms with Crippen molar-refractivity contribution in [2.24, 2.45) is 0 Å².